The first-order chi connectivity index (χ1) is 12.6. The lowest BCUT2D eigenvalue weighted by Gasteiger charge is -2.15. The van der Waals surface area contributed by atoms with Gasteiger partial charge in [-0.1, -0.05) is 59.3 Å². The minimum Gasteiger partial charge on any atom is -0.352 e. The maximum atomic E-state index is 4.70. The Bertz CT molecular complexity index is 880. The third kappa shape index (κ3) is 4.41. The van der Waals surface area contributed by atoms with Gasteiger partial charge < -0.3 is 10.6 Å². The van der Waals surface area contributed by atoms with Gasteiger partial charge in [-0.25, -0.2) is 4.98 Å². The van der Waals surface area contributed by atoms with E-state index in [1.165, 1.54) is 0 Å². The number of rotatable bonds is 6. The van der Waals surface area contributed by atoms with Gasteiger partial charge in [-0.2, -0.15) is 4.98 Å². The van der Waals surface area contributed by atoms with Crippen molar-refractivity contribution in [3.63, 3.8) is 0 Å². The molecule has 3 rings (SSSR count). The van der Waals surface area contributed by atoms with E-state index in [0.717, 1.165) is 39.2 Å². The standard InChI is InChI=1S/C21H23BrN4/c1-4-14(2)23-21-25-19(16-9-6-5-7-10-16)13-20(26-21)24-18-12-8-11-17(22)15(18)3/h5-14H,4H2,1-3H3,(H2,23,24,25,26)/t14-/m1/s1. The normalized spacial score (nSPS) is 11.8. The van der Waals surface area contributed by atoms with Gasteiger partial charge in [0.25, 0.3) is 0 Å². The summed E-state index contributed by atoms with van der Waals surface area (Å²) in [6.45, 7) is 6.34. The van der Waals surface area contributed by atoms with Crippen LogP contribution in [0.4, 0.5) is 17.5 Å². The second kappa shape index (κ2) is 8.32. The van der Waals surface area contributed by atoms with Gasteiger partial charge in [0.1, 0.15) is 5.82 Å². The monoisotopic (exact) mass is 410 g/mol. The van der Waals surface area contributed by atoms with E-state index < -0.39 is 0 Å². The van der Waals surface area contributed by atoms with E-state index >= 15 is 0 Å². The van der Waals surface area contributed by atoms with Crippen LogP contribution in [0.15, 0.2) is 59.1 Å². The molecule has 134 valence electrons. The van der Waals surface area contributed by atoms with Crippen molar-refractivity contribution in [1.82, 2.24) is 9.97 Å². The van der Waals surface area contributed by atoms with Gasteiger partial charge in [0.2, 0.25) is 5.95 Å². The van der Waals surface area contributed by atoms with E-state index in [2.05, 4.69) is 64.5 Å². The Labute approximate surface area is 163 Å². The summed E-state index contributed by atoms with van der Waals surface area (Å²) >= 11 is 3.58. The smallest absolute Gasteiger partial charge is 0.225 e. The van der Waals surface area contributed by atoms with E-state index in [1.807, 2.05) is 42.5 Å². The molecule has 1 aromatic heterocycles. The fraction of sp³-hybridized carbons (Fsp3) is 0.238. The molecule has 0 radical (unpaired) electrons. The number of hydrogen-bond donors (Lipinski definition) is 2. The molecule has 1 atom stereocenters. The van der Waals surface area contributed by atoms with Crippen molar-refractivity contribution >= 4 is 33.4 Å². The predicted molar refractivity (Wildman–Crippen MR) is 113 cm³/mol. The average molecular weight is 411 g/mol. The van der Waals surface area contributed by atoms with Gasteiger partial charge >= 0.3 is 0 Å². The van der Waals surface area contributed by atoms with Crippen LogP contribution < -0.4 is 10.6 Å². The van der Waals surface area contributed by atoms with Crippen LogP contribution in [0, 0.1) is 6.92 Å². The average Bonchev–Trinajstić information content (AvgIpc) is 2.66. The van der Waals surface area contributed by atoms with Crippen molar-refractivity contribution in [2.75, 3.05) is 10.6 Å². The molecule has 0 spiro atoms. The zero-order valence-electron chi connectivity index (χ0n) is 15.3. The second-order valence-electron chi connectivity index (χ2n) is 6.32. The molecule has 0 fully saturated rings. The summed E-state index contributed by atoms with van der Waals surface area (Å²) in [4.78, 5) is 9.37. The number of hydrogen-bond acceptors (Lipinski definition) is 4. The molecule has 2 aromatic carbocycles. The van der Waals surface area contributed by atoms with E-state index in [-0.39, 0.29) is 0 Å². The number of nitrogens with zero attached hydrogens (tertiary/aromatic N) is 2. The molecule has 5 heteroatoms. The molecular formula is C21H23BrN4. The van der Waals surface area contributed by atoms with Crippen LogP contribution in [0.3, 0.4) is 0 Å². The van der Waals surface area contributed by atoms with Gasteiger partial charge in [0.05, 0.1) is 5.69 Å². The van der Waals surface area contributed by atoms with Gasteiger partial charge in [-0.15, -0.1) is 0 Å². The SMILES string of the molecule is CC[C@@H](C)Nc1nc(Nc2cccc(Br)c2C)cc(-c2ccccc2)n1. The highest BCUT2D eigenvalue weighted by molar-refractivity contribution is 9.10. The molecule has 0 saturated carbocycles. The summed E-state index contributed by atoms with van der Waals surface area (Å²) in [7, 11) is 0. The molecule has 3 aromatic rings. The number of anilines is 3. The summed E-state index contributed by atoms with van der Waals surface area (Å²) in [6.07, 6.45) is 1.01. The molecular weight excluding hydrogens is 388 g/mol. The van der Waals surface area contributed by atoms with Crippen LogP contribution in [0.2, 0.25) is 0 Å². The van der Waals surface area contributed by atoms with Gasteiger partial charge in [-0.05, 0) is 38.0 Å². The van der Waals surface area contributed by atoms with Crippen molar-refractivity contribution < 1.29 is 0 Å². The Hall–Kier alpha value is -2.40. The molecule has 0 aliphatic heterocycles. The zero-order chi connectivity index (χ0) is 18.5. The molecule has 26 heavy (non-hydrogen) atoms. The Morgan fingerprint density at radius 2 is 1.81 bits per heavy atom. The lowest BCUT2D eigenvalue weighted by Crippen LogP contribution is -2.16. The number of halogens is 1. The molecule has 4 nitrogen and oxygen atoms in total. The van der Waals surface area contributed by atoms with Gasteiger partial charge in [0, 0.05) is 27.8 Å². The molecule has 0 unspecified atom stereocenters. The third-order valence-electron chi connectivity index (χ3n) is 4.31. The van der Waals surface area contributed by atoms with Crippen molar-refractivity contribution in [3.8, 4) is 11.3 Å². The molecule has 2 N–H and O–H groups in total. The quantitative estimate of drug-likeness (QED) is 0.509. The molecule has 0 bridgehead atoms. The van der Waals surface area contributed by atoms with E-state index in [4.69, 9.17) is 4.98 Å². The first-order valence-corrected chi connectivity index (χ1v) is 9.59. The lowest BCUT2D eigenvalue weighted by atomic mass is 10.1. The fourth-order valence-electron chi connectivity index (χ4n) is 2.54. The molecule has 0 aliphatic rings. The van der Waals surface area contributed by atoms with Gasteiger partial charge in [0.15, 0.2) is 0 Å². The van der Waals surface area contributed by atoms with Crippen LogP contribution >= 0.6 is 15.9 Å². The summed E-state index contributed by atoms with van der Waals surface area (Å²) in [6, 6.07) is 18.5. The number of benzene rings is 2. The summed E-state index contributed by atoms with van der Waals surface area (Å²) in [5.74, 6) is 1.40. The van der Waals surface area contributed by atoms with E-state index in [0.29, 0.717) is 12.0 Å². The summed E-state index contributed by atoms with van der Waals surface area (Å²) < 4.78 is 1.07. The zero-order valence-corrected chi connectivity index (χ0v) is 16.8. The Morgan fingerprint density at radius 1 is 1.04 bits per heavy atom. The minimum atomic E-state index is 0.307. The van der Waals surface area contributed by atoms with E-state index in [1.54, 1.807) is 0 Å². The predicted octanol–water partition coefficient (Wildman–Crippen LogP) is 6.17. The van der Waals surface area contributed by atoms with Crippen molar-refractivity contribution in [2.45, 2.75) is 33.2 Å². The lowest BCUT2D eigenvalue weighted by molar-refractivity contribution is 0.753. The van der Waals surface area contributed by atoms with Crippen LogP contribution in [0.1, 0.15) is 25.8 Å². The molecule has 1 heterocycles. The van der Waals surface area contributed by atoms with Crippen LogP contribution in [0.5, 0.6) is 0 Å². The molecule has 0 saturated heterocycles. The first-order valence-electron chi connectivity index (χ1n) is 8.80. The van der Waals surface area contributed by atoms with Crippen molar-refractivity contribution in [1.29, 1.82) is 0 Å². The Kier molecular flexibility index (Phi) is 5.89. The minimum absolute atomic E-state index is 0.307. The molecule has 0 aliphatic carbocycles. The highest BCUT2D eigenvalue weighted by Gasteiger charge is 2.10. The van der Waals surface area contributed by atoms with E-state index in [9.17, 15) is 0 Å². The van der Waals surface area contributed by atoms with Crippen molar-refractivity contribution in [3.05, 3.63) is 64.6 Å². The highest BCUT2D eigenvalue weighted by atomic mass is 79.9. The second-order valence-corrected chi connectivity index (χ2v) is 7.17. The number of aromatic nitrogens is 2. The summed E-state index contributed by atoms with van der Waals surface area (Å²) in [5.41, 5.74) is 4.12. The fourth-order valence-corrected chi connectivity index (χ4v) is 2.90. The topological polar surface area (TPSA) is 49.8 Å². The Morgan fingerprint density at radius 3 is 2.54 bits per heavy atom. The van der Waals surface area contributed by atoms with Crippen LogP contribution in [-0.4, -0.2) is 16.0 Å². The largest absolute Gasteiger partial charge is 0.352 e. The third-order valence-corrected chi connectivity index (χ3v) is 5.17. The summed E-state index contributed by atoms with van der Waals surface area (Å²) in [5, 5.41) is 6.82. The number of nitrogens with one attached hydrogen (secondary N) is 2. The molecule has 0 amide bonds. The van der Waals surface area contributed by atoms with Gasteiger partial charge in [-0.3, -0.25) is 0 Å². The van der Waals surface area contributed by atoms with Crippen LogP contribution in [0.25, 0.3) is 11.3 Å². The Balaban J connectivity index is 2.00. The van der Waals surface area contributed by atoms with Crippen LogP contribution in [-0.2, 0) is 0 Å². The van der Waals surface area contributed by atoms with Crippen molar-refractivity contribution in [2.24, 2.45) is 0 Å². The highest BCUT2D eigenvalue weighted by Crippen LogP contribution is 2.28. The first kappa shape index (κ1) is 18.4. The maximum absolute atomic E-state index is 4.70. The maximum Gasteiger partial charge on any atom is 0.225 e.